The lowest BCUT2D eigenvalue weighted by molar-refractivity contribution is -0.384. The molecule has 1 heterocycles. The Morgan fingerprint density at radius 3 is 2.54 bits per heavy atom. The zero-order valence-corrected chi connectivity index (χ0v) is 12.8. The van der Waals surface area contributed by atoms with E-state index >= 15 is 0 Å². The number of aliphatic carboxylic acids is 1. The van der Waals surface area contributed by atoms with E-state index in [0.717, 1.165) is 0 Å². The standard InChI is InChI=1S/C15H17N3O6/c19-13(17-9-1-2-12(17)15(21)22)7-8-16-14(20)10-3-5-11(6-4-10)18(23)24/h3-6,12H,1-2,7-9H2,(H,16,20)(H,21,22). The number of amides is 2. The van der Waals surface area contributed by atoms with E-state index < -0.39 is 22.8 Å². The molecule has 1 aromatic rings. The van der Waals surface area contributed by atoms with Crippen molar-refractivity contribution in [3.05, 3.63) is 39.9 Å². The summed E-state index contributed by atoms with van der Waals surface area (Å²) in [5, 5.41) is 22.1. The number of nitrogens with zero attached hydrogens (tertiary/aromatic N) is 2. The lowest BCUT2D eigenvalue weighted by Crippen LogP contribution is -2.41. The molecule has 2 amide bonds. The third-order valence-electron chi connectivity index (χ3n) is 3.82. The molecule has 2 N–H and O–H groups in total. The Bertz CT molecular complexity index is 658. The van der Waals surface area contributed by atoms with E-state index in [0.29, 0.717) is 19.4 Å². The molecule has 1 unspecified atom stereocenters. The Kier molecular flexibility index (Phi) is 5.46. The smallest absolute Gasteiger partial charge is 0.326 e. The van der Waals surface area contributed by atoms with Crippen molar-refractivity contribution in [1.29, 1.82) is 0 Å². The van der Waals surface area contributed by atoms with Gasteiger partial charge in [-0.2, -0.15) is 0 Å². The minimum absolute atomic E-state index is 0.00248. The van der Waals surface area contributed by atoms with Gasteiger partial charge in [0, 0.05) is 37.2 Å². The molecule has 9 heteroatoms. The first-order chi connectivity index (χ1) is 11.4. The second-order valence-corrected chi connectivity index (χ2v) is 5.39. The van der Waals surface area contributed by atoms with Crippen LogP contribution in [-0.2, 0) is 9.59 Å². The summed E-state index contributed by atoms with van der Waals surface area (Å²) < 4.78 is 0. The summed E-state index contributed by atoms with van der Waals surface area (Å²) >= 11 is 0. The highest BCUT2D eigenvalue weighted by Gasteiger charge is 2.33. The highest BCUT2D eigenvalue weighted by Crippen LogP contribution is 2.18. The van der Waals surface area contributed by atoms with Crippen molar-refractivity contribution in [2.75, 3.05) is 13.1 Å². The zero-order chi connectivity index (χ0) is 17.7. The molecule has 1 aliphatic rings. The predicted molar refractivity (Wildman–Crippen MR) is 82.4 cm³/mol. The maximum absolute atomic E-state index is 12.0. The van der Waals surface area contributed by atoms with Gasteiger partial charge in [0.15, 0.2) is 0 Å². The van der Waals surface area contributed by atoms with E-state index in [9.17, 15) is 24.5 Å². The van der Waals surface area contributed by atoms with Crippen molar-refractivity contribution in [3.8, 4) is 0 Å². The van der Waals surface area contributed by atoms with Crippen LogP contribution in [-0.4, -0.2) is 51.8 Å². The van der Waals surface area contributed by atoms with E-state index in [1.54, 1.807) is 0 Å². The number of benzene rings is 1. The molecule has 2 rings (SSSR count). The number of likely N-dealkylation sites (tertiary alicyclic amines) is 1. The SMILES string of the molecule is O=C(NCCC(=O)N1CCCC1C(=O)O)c1ccc([N+](=O)[O-])cc1. The highest BCUT2D eigenvalue weighted by atomic mass is 16.6. The van der Waals surface area contributed by atoms with Crippen LogP contribution in [0, 0.1) is 10.1 Å². The molecule has 0 aliphatic carbocycles. The van der Waals surface area contributed by atoms with Gasteiger partial charge < -0.3 is 15.3 Å². The van der Waals surface area contributed by atoms with Crippen LogP contribution in [0.5, 0.6) is 0 Å². The summed E-state index contributed by atoms with van der Waals surface area (Å²) in [4.78, 5) is 46.3. The zero-order valence-electron chi connectivity index (χ0n) is 12.8. The van der Waals surface area contributed by atoms with Crippen molar-refractivity contribution in [2.45, 2.75) is 25.3 Å². The van der Waals surface area contributed by atoms with Crippen molar-refractivity contribution in [2.24, 2.45) is 0 Å². The molecule has 1 aromatic carbocycles. The maximum atomic E-state index is 12.0. The molecule has 0 spiro atoms. The molecule has 0 saturated carbocycles. The van der Waals surface area contributed by atoms with E-state index in [2.05, 4.69) is 5.32 Å². The molecular formula is C15H17N3O6. The van der Waals surface area contributed by atoms with Gasteiger partial charge in [0.05, 0.1) is 4.92 Å². The lowest BCUT2D eigenvalue weighted by Gasteiger charge is -2.21. The number of carboxylic acid groups (broad SMARTS) is 1. The topological polar surface area (TPSA) is 130 Å². The first kappa shape index (κ1) is 17.4. The third kappa shape index (κ3) is 4.06. The van der Waals surface area contributed by atoms with E-state index in [-0.39, 0.29) is 30.1 Å². The molecule has 0 aromatic heterocycles. The maximum Gasteiger partial charge on any atom is 0.326 e. The number of rotatable bonds is 6. The minimum atomic E-state index is -1.02. The fourth-order valence-electron chi connectivity index (χ4n) is 2.59. The van der Waals surface area contributed by atoms with E-state index in [1.165, 1.54) is 29.2 Å². The van der Waals surface area contributed by atoms with Gasteiger partial charge >= 0.3 is 5.97 Å². The number of hydrogen-bond donors (Lipinski definition) is 2. The number of nitrogens with one attached hydrogen (secondary N) is 1. The van der Waals surface area contributed by atoms with Gasteiger partial charge in [-0.15, -0.1) is 0 Å². The number of hydrogen-bond acceptors (Lipinski definition) is 5. The van der Waals surface area contributed by atoms with Crippen LogP contribution < -0.4 is 5.32 Å². The Hall–Kier alpha value is -2.97. The molecule has 128 valence electrons. The number of carboxylic acids is 1. The molecule has 1 aliphatic heterocycles. The Morgan fingerprint density at radius 2 is 1.96 bits per heavy atom. The summed E-state index contributed by atoms with van der Waals surface area (Å²) in [6.07, 6.45) is 1.09. The summed E-state index contributed by atoms with van der Waals surface area (Å²) in [6.45, 7) is 0.476. The van der Waals surface area contributed by atoms with Crippen LogP contribution in [0.15, 0.2) is 24.3 Å². The first-order valence-corrected chi connectivity index (χ1v) is 7.45. The molecule has 0 radical (unpaired) electrons. The van der Waals surface area contributed by atoms with Crippen molar-refractivity contribution in [3.63, 3.8) is 0 Å². The third-order valence-corrected chi connectivity index (χ3v) is 3.82. The number of carbonyl (C=O) groups excluding carboxylic acids is 2. The average Bonchev–Trinajstić information content (AvgIpc) is 3.04. The fourth-order valence-corrected chi connectivity index (χ4v) is 2.59. The quantitative estimate of drug-likeness (QED) is 0.584. The van der Waals surface area contributed by atoms with Crippen LogP contribution in [0.3, 0.4) is 0 Å². The number of carbonyl (C=O) groups is 3. The summed E-state index contributed by atoms with van der Waals surface area (Å²) in [7, 11) is 0. The van der Waals surface area contributed by atoms with E-state index in [4.69, 9.17) is 5.11 Å². The molecule has 1 atom stereocenters. The Morgan fingerprint density at radius 1 is 1.29 bits per heavy atom. The molecule has 1 saturated heterocycles. The van der Waals surface area contributed by atoms with Crippen molar-refractivity contribution < 1.29 is 24.4 Å². The monoisotopic (exact) mass is 335 g/mol. The van der Waals surface area contributed by atoms with Gasteiger partial charge in [-0.25, -0.2) is 4.79 Å². The molecule has 1 fully saturated rings. The van der Waals surface area contributed by atoms with Crippen molar-refractivity contribution >= 4 is 23.5 Å². The minimum Gasteiger partial charge on any atom is -0.480 e. The van der Waals surface area contributed by atoms with Gasteiger partial charge in [0.2, 0.25) is 5.91 Å². The second kappa shape index (κ2) is 7.53. The normalized spacial score (nSPS) is 16.7. The highest BCUT2D eigenvalue weighted by molar-refractivity contribution is 5.94. The molecule has 24 heavy (non-hydrogen) atoms. The Labute approximate surface area is 137 Å². The van der Waals surface area contributed by atoms with Crippen LogP contribution in [0.25, 0.3) is 0 Å². The van der Waals surface area contributed by atoms with Crippen molar-refractivity contribution in [1.82, 2.24) is 10.2 Å². The summed E-state index contributed by atoms with van der Waals surface area (Å²) in [5.74, 6) is -1.78. The summed E-state index contributed by atoms with van der Waals surface area (Å²) in [6, 6.07) is 4.32. The first-order valence-electron chi connectivity index (χ1n) is 7.45. The number of nitro groups is 1. The Balaban J connectivity index is 1.83. The average molecular weight is 335 g/mol. The second-order valence-electron chi connectivity index (χ2n) is 5.39. The number of nitro benzene ring substituents is 1. The van der Waals surface area contributed by atoms with Gasteiger partial charge in [0.1, 0.15) is 6.04 Å². The van der Waals surface area contributed by atoms with Gasteiger partial charge in [-0.3, -0.25) is 19.7 Å². The van der Waals surface area contributed by atoms with Gasteiger partial charge in [0.25, 0.3) is 11.6 Å². The molecular weight excluding hydrogens is 318 g/mol. The van der Waals surface area contributed by atoms with Gasteiger partial charge in [-0.1, -0.05) is 0 Å². The fraction of sp³-hybridized carbons (Fsp3) is 0.400. The largest absolute Gasteiger partial charge is 0.480 e. The van der Waals surface area contributed by atoms with Crippen LogP contribution >= 0.6 is 0 Å². The van der Waals surface area contributed by atoms with Crippen LogP contribution in [0.2, 0.25) is 0 Å². The van der Waals surface area contributed by atoms with Crippen LogP contribution in [0.1, 0.15) is 29.6 Å². The lowest BCUT2D eigenvalue weighted by atomic mass is 10.2. The van der Waals surface area contributed by atoms with E-state index in [1.807, 2.05) is 0 Å². The number of non-ortho nitro benzene ring substituents is 1. The van der Waals surface area contributed by atoms with Gasteiger partial charge in [-0.05, 0) is 25.0 Å². The predicted octanol–water partition coefficient (Wildman–Crippen LogP) is 0.790. The summed E-state index contributed by atoms with van der Waals surface area (Å²) in [5.41, 5.74) is 0.133. The molecule has 9 nitrogen and oxygen atoms in total. The molecule has 0 bridgehead atoms. The van der Waals surface area contributed by atoms with Crippen LogP contribution in [0.4, 0.5) is 5.69 Å².